The number of carbonyl (C=O) groups is 2. The number of carboxylic acid groups (broad SMARTS) is 2. The number of aliphatic imine (C=N–C) groups is 1. The minimum Gasteiger partial charge on any atom is -0.862 e. The molecule has 2 aliphatic rings. The van der Waals surface area contributed by atoms with Crippen molar-refractivity contribution < 1.29 is 84.0 Å². The molecule has 0 aliphatic heterocycles. The van der Waals surface area contributed by atoms with E-state index < -0.39 is 23.8 Å². The minimum absolute atomic E-state index is 0. The van der Waals surface area contributed by atoms with Gasteiger partial charge in [0.05, 0.1) is 5.92 Å². The molecule has 8 heteroatoms. The fraction of sp³-hybridized carbons (Fsp3) is 0.864. The van der Waals surface area contributed by atoms with Crippen LogP contribution in [0.4, 0.5) is 0 Å². The molecule has 0 heterocycles. The van der Waals surface area contributed by atoms with Gasteiger partial charge in [0.1, 0.15) is 0 Å². The third kappa shape index (κ3) is 11.9. The van der Waals surface area contributed by atoms with E-state index in [2.05, 4.69) is 4.99 Å². The largest absolute Gasteiger partial charge is 1.00 e. The van der Waals surface area contributed by atoms with Crippen molar-refractivity contribution in [2.24, 2.45) is 28.7 Å². The van der Waals surface area contributed by atoms with E-state index >= 15 is 0 Å². The van der Waals surface area contributed by atoms with Gasteiger partial charge in [-0.2, -0.15) is 0 Å². The predicted octanol–water partition coefficient (Wildman–Crippen LogP) is -3.46. The standard InChI is InChI=1S/C22H37NO5.2Na/c24-20(25)11-12-23-21(26)18(13-16-7-3-1-4-8-16)15-19(22(27)28)14-17-9-5-2-6-10-17;;/h16-19H,1-15H2,(H,23,26)(H,24,25)(H,27,28);;/q;2*+1/p-2/t18-,19-;;/m1../s1. The molecule has 0 spiro atoms. The van der Waals surface area contributed by atoms with Gasteiger partial charge in [-0.3, -0.25) is 4.79 Å². The second kappa shape index (κ2) is 17.0. The third-order valence-electron chi connectivity index (χ3n) is 6.54. The van der Waals surface area contributed by atoms with Crippen LogP contribution in [0.15, 0.2) is 4.99 Å². The Morgan fingerprint density at radius 2 is 1.30 bits per heavy atom. The van der Waals surface area contributed by atoms with Crippen LogP contribution in [0.2, 0.25) is 0 Å². The fourth-order valence-corrected chi connectivity index (χ4v) is 4.98. The Morgan fingerprint density at radius 1 is 0.833 bits per heavy atom. The molecule has 0 radical (unpaired) electrons. The second-order valence-corrected chi connectivity index (χ2v) is 8.79. The number of carboxylic acids is 2. The van der Waals surface area contributed by atoms with Crippen LogP contribution >= 0.6 is 0 Å². The molecule has 2 atom stereocenters. The van der Waals surface area contributed by atoms with Crippen molar-refractivity contribution in [3.8, 4) is 0 Å². The molecule has 6 nitrogen and oxygen atoms in total. The number of hydrogen-bond donors (Lipinski definition) is 1. The van der Waals surface area contributed by atoms with E-state index in [-0.39, 0.29) is 78.0 Å². The molecule has 160 valence electrons. The monoisotopic (exact) mass is 439 g/mol. The Morgan fingerprint density at radius 3 is 1.73 bits per heavy atom. The zero-order valence-electron chi connectivity index (χ0n) is 18.9. The molecular weight excluding hydrogens is 404 g/mol. The van der Waals surface area contributed by atoms with Gasteiger partial charge in [0, 0.05) is 18.9 Å². The summed E-state index contributed by atoms with van der Waals surface area (Å²) in [6.45, 7) is -0.0807. The Kier molecular flexibility index (Phi) is 17.2. The molecule has 2 saturated carbocycles. The Labute approximate surface area is 225 Å². The van der Waals surface area contributed by atoms with E-state index in [4.69, 9.17) is 0 Å². The maximum atomic E-state index is 12.7. The van der Waals surface area contributed by atoms with Gasteiger partial charge in [0.15, 0.2) is 0 Å². The molecule has 0 aromatic carbocycles. The summed E-state index contributed by atoms with van der Waals surface area (Å²) in [5, 5.41) is 33.0. The summed E-state index contributed by atoms with van der Waals surface area (Å²) in [4.78, 5) is 26.4. The summed E-state index contributed by atoms with van der Waals surface area (Å²) in [6, 6.07) is 0. The second-order valence-electron chi connectivity index (χ2n) is 8.79. The first-order valence-electron chi connectivity index (χ1n) is 11.1. The Balaban J connectivity index is 0.00000420. The summed E-state index contributed by atoms with van der Waals surface area (Å²) in [5.74, 6) is -2.39. The summed E-state index contributed by atoms with van der Waals surface area (Å²) < 4.78 is 0. The molecule has 0 amide bonds. The third-order valence-corrected chi connectivity index (χ3v) is 6.54. The molecule has 0 saturated heterocycles. The van der Waals surface area contributed by atoms with Crippen LogP contribution in [0.1, 0.15) is 89.9 Å². The van der Waals surface area contributed by atoms with E-state index in [0.717, 1.165) is 38.5 Å². The van der Waals surface area contributed by atoms with Crippen LogP contribution in [0.25, 0.3) is 0 Å². The van der Waals surface area contributed by atoms with Crippen LogP contribution in [0.5, 0.6) is 0 Å². The maximum Gasteiger partial charge on any atom is 1.00 e. The van der Waals surface area contributed by atoms with E-state index in [1.165, 1.54) is 25.7 Å². The summed E-state index contributed by atoms with van der Waals surface area (Å²) in [6.07, 6.45) is 12.8. The van der Waals surface area contributed by atoms with Crippen LogP contribution in [0.3, 0.4) is 0 Å². The van der Waals surface area contributed by atoms with Crippen LogP contribution in [-0.4, -0.2) is 29.5 Å². The molecular formula is C22H35NNa2O5. The van der Waals surface area contributed by atoms with E-state index in [1.54, 1.807) is 0 Å². The van der Waals surface area contributed by atoms with Gasteiger partial charge < -0.3 is 25.1 Å². The molecule has 30 heavy (non-hydrogen) atoms. The molecule has 2 rings (SSSR count). The Bertz CT molecular complexity index is 532. The molecule has 0 unspecified atom stereocenters. The van der Waals surface area contributed by atoms with Gasteiger partial charge in [-0.15, -0.1) is 0 Å². The van der Waals surface area contributed by atoms with Crippen molar-refractivity contribution in [2.45, 2.75) is 89.9 Å². The molecule has 1 N–H and O–H groups in total. The first-order valence-corrected chi connectivity index (χ1v) is 11.1. The van der Waals surface area contributed by atoms with Crippen molar-refractivity contribution in [3.63, 3.8) is 0 Å². The zero-order valence-corrected chi connectivity index (χ0v) is 22.9. The van der Waals surface area contributed by atoms with Gasteiger partial charge in [0.2, 0.25) is 0 Å². The summed E-state index contributed by atoms with van der Waals surface area (Å²) >= 11 is 0. The maximum absolute atomic E-state index is 12.7. The van der Waals surface area contributed by atoms with Gasteiger partial charge in [-0.1, -0.05) is 64.2 Å². The van der Waals surface area contributed by atoms with Gasteiger partial charge in [0.25, 0.3) is 0 Å². The molecule has 0 aromatic rings. The predicted molar refractivity (Wildman–Crippen MR) is 104 cm³/mol. The van der Waals surface area contributed by atoms with Crippen molar-refractivity contribution in [1.82, 2.24) is 0 Å². The summed E-state index contributed by atoms with van der Waals surface area (Å²) in [7, 11) is 0. The smallest absolute Gasteiger partial charge is 0.862 e. The fourth-order valence-electron chi connectivity index (χ4n) is 4.98. The minimum atomic E-state index is -1.22. The number of carbonyl (C=O) groups excluding carboxylic acids is 1. The van der Waals surface area contributed by atoms with Gasteiger partial charge >= 0.3 is 65.1 Å². The Hall–Kier alpha value is 0.410. The number of hydrogen-bond acceptors (Lipinski definition) is 5. The molecule has 0 bridgehead atoms. The molecule has 2 aliphatic carbocycles. The summed E-state index contributed by atoms with van der Waals surface area (Å²) in [5.41, 5.74) is 0. The first-order chi connectivity index (χ1) is 13.5. The van der Waals surface area contributed by atoms with Crippen molar-refractivity contribution in [1.29, 1.82) is 0 Å². The van der Waals surface area contributed by atoms with Crippen LogP contribution in [0, 0.1) is 23.7 Å². The average Bonchev–Trinajstić information content (AvgIpc) is 2.68. The normalized spacial score (nSPS) is 20.5. The van der Waals surface area contributed by atoms with Crippen molar-refractivity contribution in [3.05, 3.63) is 0 Å². The number of aliphatic carboxylic acids is 2. The van der Waals surface area contributed by atoms with Crippen LogP contribution in [-0.2, 0) is 9.59 Å². The van der Waals surface area contributed by atoms with E-state index in [1.807, 2.05) is 0 Å². The first kappa shape index (κ1) is 30.4. The SMILES string of the molecule is O=C([O-])CCN=C([O-])[C@H](CC1CCCCC1)C[C@@H](CC1CCCCC1)C(=O)O.[Na+].[Na+]. The topological polar surface area (TPSA) is 113 Å². The van der Waals surface area contributed by atoms with Crippen molar-refractivity contribution in [2.75, 3.05) is 6.54 Å². The van der Waals surface area contributed by atoms with Gasteiger partial charge in [-0.05, 0) is 42.9 Å². The van der Waals surface area contributed by atoms with Crippen LogP contribution < -0.4 is 69.3 Å². The molecule has 2 fully saturated rings. The van der Waals surface area contributed by atoms with E-state index in [0.29, 0.717) is 31.1 Å². The number of rotatable bonds is 11. The average molecular weight is 440 g/mol. The number of nitrogens with zero attached hydrogens (tertiary/aromatic N) is 1. The van der Waals surface area contributed by atoms with Crippen molar-refractivity contribution >= 4 is 17.8 Å². The zero-order chi connectivity index (χ0) is 20.4. The quantitative estimate of drug-likeness (QED) is 0.204. The molecule has 0 aromatic heterocycles. The van der Waals surface area contributed by atoms with Gasteiger partial charge in [-0.25, -0.2) is 0 Å². The van der Waals surface area contributed by atoms with E-state index in [9.17, 15) is 24.9 Å².